The fourth-order valence-corrected chi connectivity index (χ4v) is 7.25. The van der Waals surface area contributed by atoms with Gasteiger partial charge in [0.05, 0.1) is 33.8 Å². The van der Waals surface area contributed by atoms with Crippen molar-refractivity contribution in [3.8, 4) is 0 Å². The van der Waals surface area contributed by atoms with Gasteiger partial charge in [-0.3, -0.25) is 34.6 Å². The van der Waals surface area contributed by atoms with Gasteiger partial charge in [0.1, 0.15) is 5.56 Å². The summed E-state index contributed by atoms with van der Waals surface area (Å²) in [4.78, 5) is 65.5. The summed E-state index contributed by atoms with van der Waals surface area (Å²) in [7, 11) is 0. The van der Waals surface area contributed by atoms with E-state index in [-0.39, 0.29) is 16.1 Å². The molecule has 0 radical (unpaired) electrons. The Morgan fingerprint density at radius 2 is 1.20 bits per heavy atom. The molecular formula is C32H21ClN4O7. The van der Waals surface area contributed by atoms with E-state index >= 15 is 0 Å². The summed E-state index contributed by atoms with van der Waals surface area (Å²) in [6, 6.07) is 24.2. The standard InChI is InChI=1S/C32H21ClN4O7/c33-18-14-13-17(25(15-18)37(43)44)16-34(30(38)23-11-5-6-12-24(23)36(41)42)35-31(39)28-26-19-7-1-2-8-20(19)27(29(28)32(35)40)22-10-4-3-9-21(22)26/h1-15,26-29H,16H2/t26?,27?,28-,29+. The van der Waals surface area contributed by atoms with Crippen molar-refractivity contribution in [2.75, 3.05) is 0 Å². The lowest BCUT2D eigenvalue weighted by Gasteiger charge is -2.45. The van der Waals surface area contributed by atoms with Crippen molar-refractivity contribution >= 4 is 40.7 Å². The first-order chi connectivity index (χ1) is 21.2. The number of nitro groups is 2. The van der Waals surface area contributed by atoms with E-state index in [1.54, 1.807) is 0 Å². The van der Waals surface area contributed by atoms with Gasteiger partial charge in [-0.25, -0.2) is 5.01 Å². The number of carbonyl (C=O) groups is 3. The number of rotatable bonds is 6. The first kappa shape index (κ1) is 27.4. The van der Waals surface area contributed by atoms with Crippen molar-refractivity contribution in [3.63, 3.8) is 0 Å². The van der Waals surface area contributed by atoms with Crippen molar-refractivity contribution in [1.29, 1.82) is 0 Å². The molecule has 0 spiro atoms. The predicted molar refractivity (Wildman–Crippen MR) is 156 cm³/mol. The Morgan fingerprint density at radius 1 is 0.727 bits per heavy atom. The van der Waals surface area contributed by atoms with Crippen LogP contribution in [0.15, 0.2) is 91.0 Å². The molecular weight excluding hydrogens is 588 g/mol. The number of halogens is 1. The molecule has 4 aromatic carbocycles. The second kappa shape index (κ2) is 10.1. The monoisotopic (exact) mass is 608 g/mol. The quantitative estimate of drug-likeness (QED) is 0.157. The third-order valence-electron chi connectivity index (χ3n) is 8.80. The number of hydrogen-bond acceptors (Lipinski definition) is 7. The summed E-state index contributed by atoms with van der Waals surface area (Å²) in [6.45, 7) is -0.593. The number of hydrogen-bond donors (Lipinski definition) is 0. The molecule has 44 heavy (non-hydrogen) atoms. The molecule has 1 aliphatic heterocycles. The molecule has 4 aromatic rings. The molecule has 0 N–H and O–H groups in total. The highest BCUT2D eigenvalue weighted by Crippen LogP contribution is 2.61. The summed E-state index contributed by atoms with van der Waals surface area (Å²) in [5.74, 6) is -4.95. The van der Waals surface area contributed by atoms with Crippen LogP contribution in [0.3, 0.4) is 0 Å². The summed E-state index contributed by atoms with van der Waals surface area (Å²) in [5, 5.41) is 25.4. The Balaban J connectivity index is 1.39. The van der Waals surface area contributed by atoms with Gasteiger partial charge in [-0.1, -0.05) is 72.3 Å². The molecule has 3 aliphatic carbocycles. The van der Waals surface area contributed by atoms with Gasteiger partial charge in [-0.15, -0.1) is 0 Å². The summed E-state index contributed by atoms with van der Waals surface area (Å²) in [5.41, 5.74) is 2.32. The highest BCUT2D eigenvalue weighted by atomic mass is 35.5. The zero-order chi connectivity index (χ0) is 30.9. The van der Waals surface area contributed by atoms with E-state index in [0.717, 1.165) is 44.4 Å². The number of hydrazine groups is 1. The summed E-state index contributed by atoms with van der Waals surface area (Å²) >= 11 is 6.02. The first-order valence-corrected chi connectivity index (χ1v) is 14.1. The van der Waals surface area contributed by atoms with Crippen LogP contribution in [0.25, 0.3) is 0 Å². The van der Waals surface area contributed by atoms with Crippen LogP contribution in [0.2, 0.25) is 5.02 Å². The largest absolute Gasteiger partial charge is 0.282 e. The molecule has 3 amide bonds. The molecule has 218 valence electrons. The van der Waals surface area contributed by atoms with Crippen molar-refractivity contribution in [2.24, 2.45) is 11.8 Å². The minimum absolute atomic E-state index is 0.0173. The van der Waals surface area contributed by atoms with E-state index in [9.17, 15) is 34.6 Å². The molecule has 4 aliphatic rings. The maximum absolute atomic E-state index is 14.4. The van der Waals surface area contributed by atoms with Gasteiger partial charge < -0.3 is 0 Å². The van der Waals surface area contributed by atoms with Crippen molar-refractivity contribution < 1.29 is 24.2 Å². The van der Waals surface area contributed by atoms with E-state index in [1.807, 2.05) is 48.5 Å². The highest BCUT2D eigenvalue weighted by molar-refractivity contribution is 6.30. The molecule has 0 aromatic heterocycles. The summed E-state index contributed by atoms with van der Waals surface area (Å²) < 4.78 is 0. The Bertz CT molecular complexity index is 1830. The Hall–Kier alpha value is -5.42. The van der Waals surface area contributed by atoms with E-state index < -0.39 is 69.2 Å². The maximum atomic E-state index is 14.4. The van der Waals surface area contributed by atoms with Gasteiger partial charge >= 0.3 is 0 Å². The number of para-hydroxylation sites is 1. The van der Waals surface area contributed by atoms with Crippen molar-refractivity contribution in [2.45, 2.75) is 18.4 Å². The molecule has 2 atom stereocenters. The average molecular weight is 609 g/mol. The fourth-order valence-electron chi connectivity index (χ4n) is 7.09. The van der Waals surface area contributed by atoms with Crippen LogP contribution in [0.4, 0.5) is 11.4 Å². The molecule has 0 saturated carbocycles. The van der Waals surface area contributed by atoms with Crippen molar-refractivity contribution in [1.82, 2.24) is 10.0 Å². The van der Waals surface area contributed by atoms with Crippen LogP contribution >= 0.6 is 11.6 Å². The van der Waals surface area contributed by atoms with Crippen LogP contribution in [0.5, 0.6) is 0 Å². The summed E-state index contributed by atoms with van der Waals surface area (Å²) in [6.07, 6.45) is 0. The number of imide groups is 1. The van der Waals surface area contributed by atoms with Gasteiger partial charge in [-0.05, 0) is 40.5 Å². The number of nitrogens with zero attached hydrogens (tertiary/aromatic N) is 4. The van der Waals surface area contributed by atoms with Crippen LogP contribution < -0.4 is 0 Å². The number of amides is 3. The Morgan fingerprint density at radius 3 is 1.70 bits per heavy atom. The Kier molecular flexibility index (Phi) is 6.29. The van der Waals surface area contributed by atoms with Crippen LogP contribution in [-0.2, 0) is 16.1 Å². The van der Waals surface area contributed by atoms with E-state index in [4.69, 9.17) is 11.6 Å². The first-order valence-electron chi connectivity index (χ1n) is 13.7. The second-order valence-corrected chi connectivity index (χ2v) is 11.4. The molecule has 11 nitrogen and oxygen atoms in total. The van der Waals surface area contributed by atoms with Gasteiger partial charge in [0.2, 0.25) is 0 Å². The number of carbonyl (C=O) groups excluding carboxylic acids is 3. The lowest BCUT2D eigenvalue weighted by Crippen LogP contribution is -2.50. The van der Waals surface area contributed by atoms with Crippen LogP contribution in [0.1, 0.15) is 50.0 Å². The van der Waals surface area contributed by atoms with E-state index in [1.165, 1.54) is 30.3 Å². The Labute approximate surface area is 254 Å². The average Bonchev–Trinajstić information content (AvgIpc) is 3.29. The molecule has 1 saturated heterocycles. The predicted octanol–water partition coefficient (Wildman–Crippen LogP) is 5.61. The molecule has 1 fully saturated rings. The molecule has 2 bridgehead atoms. The number of benzene rings is 4. The van der Waals surface area contributed by atoms with Crippen molar-refractivity contribution in [3.05, 3.63) is 150 Å². The maximum Gasteiger partial charge on any atom is 0.282 e. The normalized spacial score (nSPS) is 21.0. The lowest BCUT2D eigenvalue weighted by molar-refractivity contribution is -0.385. The molecule has 0 unspecified atom stereocenters. The van der Waals surface area contributed by atoms with Crippen LogP contribution in [0, 0.1) is 32.1 Å². The molecule has 12 heteroatoms. The third kappa shape index (κ3) is 3.93. The fraction of sp³-hybridized carbons (Fsp3) is 0.156. The zero-order valence-corrected chi connectivity index (χ0v) is 23.5. The smallest absolute Gasteiger partial charge is 0.272 e. The lowest BCUT2D eigenvalue weighted by atomic mass is 9.55. The number of nitro benzene ring substituents is 2. The van der Waals surface area contributed by atoms with E-state index in [0.29, 0.717) is 0 Å². The second-order valence-electron chi connectivity index (χ2n) is 10.9. The highest BCUT2D eigenvalue weighted by Gasteiger charge is 2.63. The molecule has 1 heterocycles. The topological polar surface area (TPSA) is 144 Å². The third-order valence-corrected chi connectivity index (χ3v) is 9.03. The zero-order valence-electron chi connectivity index (χ0n) is 22.7. The SMILES string of the molecule is O=C(c1ccccc1[N+](=O)[O-])N(Cc1ccc(Cl)cc1[N+](=O)[O-])N1C(=O)[C@@H]2C3c4ccccc4C(c4ccccc43)[C@@H]2C1=O. The van der Waals surface area contributed by atoms with Gasteiger partial charge in [0, 0.05) is 29.0 Å². The minimum atomic E-state index is -1.02. The molecule has 8 rings (SSSR count). The minimum Gasteiger partial charge on any atom is -0.272 e. The van der Waals surface area contributed by atoms with Gasteiger partial charge in [-0.2, -0.15) is 5.01 Å². The van der Waals surface area contributed by atoms with Gasteiger partial charge in [0.25, 0.3) is 29.1 Å². The van der Waals surface area contributed by atoms with E-state index in [2.05, 4.69) is 0 Å². The van der Waals surface area contributed by atoms with Crippen LogP contribution in [-0.4, -0.2) is 37.6 Å². The van der Waals surface area contributed by atoms with Gasteiger partial charge in [0.15, 0.2) is 0 Å².